The van der Waals surface area contributed by atoms with Gasteiger partial charge in [0.05, 0.1) is 18.8 Å². The number of carbonyl (C=O) groups excluding carboxylic acids is 1. The van der Waals surface area contributed by atoms with E-state index in [0.717, 1.165) is 5.69 Å². The molecule has 0 bridgehead atoms. The number of benzene rings is 1. The maximum atomic E-state index is 12.6. The average Bonchev–Trinajstić information content (AvgIpc) is 3.23. The van der Waals surface area contributed by atoms with E-state index in [4.69, 9.17) is 4.74 Å². The minimum absolute atomic E-state index is 0.000229. The molecule has 1 aromatic heterocycles. The highest BCUT2D eigenvalue weighted by Crippen LogP contribution is 2.22. The zero-order valence-electron chi connectivity index (χ0n) is 12.6. The summed E-state index contributed by atoms with van der Waals surface area (Å²) in [4.78, 5) is 14.3. The molecule has 1 aromatic carbocycles. The molecule has 5 heteroatoms. The molecule has 1 fully saturated rings. The van der Waals surface area contributed by atoms with Gasteiger partial charge in [-0.15, -0.1) is 0 Å². The standard InChI is InChI=1S/C17H20N2O3/c1-22-16-10-15(12-20)19(11-16)17(21)13-4-6-14(7-5-13)18-8-2-3-9-18/h2-9,15-16,20H,10-12H2,1H3/t15-,16-/m0/s1. The number of carbonyl (C=O) groups is 1. The van der Waals surface area contributed by atoms with Gasteiger partial charge in [-0.25, -0.2) is 0 Å². The molecule has 1 N–H and O–H groups in total. The lowest BCUT2D eigenvalue weighted by molar-refractivity contribution is 0.0648. The second-order valence-electron chi connectivity index (χ2n) is 5.52. The normalized spacial score (nSPS) is 21.3. The van der Waals surface area contributed by atoms with Gasteiger partial charge in [0.1, 0.15) is 0 Å². The van der Waals surface area contributed by atoms with Crippen LogP contribution in [0.4, 0.5) is 0 Å². The van der Waals surface area contributed by atoms with Crippen LogP contribution < -0.4 is 0 Å². The fourth-order valence-corrected chi connectivity index (χ4v) is 2.91. The van der Waals surface area contributed by atoms with Crippen molar-refractivity contribution in [3.8, 4) is 5.69 Å². The summed E-state index contributed by atoms with van der Waals surface area (Å²) < 4.78 is 7.31. The van der Waals surface area contributed by atoms with Gasteiger partial charge in [0.2, 0.25) is 0 Å². The van der Waals surface area contributed by atoms with Gasteiger partial charge in [-0.3, -0.25) is 4.79 Å². The molecule has 0 unspecified atom stereocenters. The number of hydrogen-bond donors (Lipinski definition) is 1. The van der Waals surface area contributed by atoms with E-state index in [0.29, 0.717) is 18.5 Å². The van der Waals surface area contributed by atoms with E-state index >= 15 is 0 Å². The van der Waals surface area contributed by atoms with Crippen molar-refractivity contribution in [3.05, 3.63) is 54.4 Å². The fraction of sp³-hybridized carbons (Fsp3) is 0.353. The van der Waals surface area contributed by atoms with Gasteiger partial charge < -0.3 is 19.3 Å². The molecular formula is C17H20N2O3. The van der Waals surface area contributed by atoms with Crippen molar-refractivity contribution in [1.29, 1.82) is 0 Å². The van der Waals surface area contributed by atoms with Gasteiger partial charge in [0.15, 0.2) is 0 Å². The lowest BCUT2D eigenvalue weighted by atomic mass is 10.1. The number of aliphatic hydroxyl groups excluding tert-OH is 1. The fourth-order valence-electron chi connectivity index (χ4n) is 2.91. The Balaban J connectivity index is 1.77. The predicted octanol–water partition coefficient (Wildman–Crippen LogP) is 1.70. The van der Waals surface area contributed by atoms with E-state index in [-0.39, 0.29) is 24.7 Å². The number of aliphatic hydroxyl groups is 1. The van der Waals surface area contributed by atoms with E-state index in [1.54, 1.807) is 12.0 Å². The molecule has 1 saturated heterocycles. The summed E-state index contributed by atoms with van der Waals surface area (Å²) in [6.45, 7) is 0.493. The SMILES string of the molecule is CO[C@H]1C[C@@H](CO)N(C(=O)c2ccc(-n3cccc3)cc2)C1. The summed E-state index contributed by atoms with van der Waals surface area (Å²) in [5.74, 6) is -0.0577. The van der Waals surface area contributed by atoms with E-state index in [2.05, 4.69) is 0 Å². The van der Waals surface area contributed by atoms with Crippen LogP contribution in [-0.2, 0) is 4.74 Å². The summed E-state index contributed by atoms with van der Waals surface area (Å²) in [7, 11) is 1.64. The second kappa shape index (κ2) is 6.34. The minimum Gasteiger partial charge on any atom is -0.394 e. The van der Waals surface area contributed by atoms with Crippen molar-refractivity contribution >= 4 is 5.91 Å². The summed E-state index contributed by atoms with van der Waals surface area (Å²) in [6.07, 6.45) is 4.60. The van der Waals surface area contributed by atoms with Gasteiger partial charge in [-0.05, 0) is 42.8 Å². The molecule has 1 amide bonds. The first kappa shape index (κ1) is 14.8. The molecule has 116 valence electrons. The van der Waals surface area contributed by atoms with Crippen LogP contribution in [0.3, 0.4) is 0 Å². The molecule has 0 aliphatic carbocycles. The molecule has 5 nitrogen and oxygen atoms in total. The number of amides is 1. The smallest absolute Gasteiger partial charge is 0.254 e. The molecule has 0 radical (unpaired) electrons. The third-order valence-corrected chi connectivity index (χ3v) is 4.20. The summed E-state index contributed by atoms with van der Waals surface area (Å²) in [6, 6.07) is 11.2. The van der Waals surface area contributed by atoms with Crippen LogP contribution in [0.1, 0.15) is 16.8 Å². The average molecular weight is 300 g/mol. The Kier molecular flexibility index (Phi) is 4.27. The molecule has 1 aliphatic heterocycles. The topological polar surface area (TPSA) is 54.7 Å². The van der Waals surface area contributed by atoms with Crippen molar-refractivity contribution in [3.63, 3.8) is 0 Å². The molecule has 2 atom stereocenters. The number of ether oxygens (including phenoxy) is 1. The van der Waals surface area contributed by atoms with Crippen LogP contribution in [0.5, 0.6) is 0 Å². The molecule has 0 saturated carbocycles. The Morgan fingerprint density at radius 1 is 1.27 bits per heavy atom. The largest absolute Gasteiger partial charge is 0.394 e. The van der Waals surface area contributed by atoms with Crippen molar-refractivity contribution in [2.24, 2.45) is 0 Å². The lowest BCUT2D eigenvalue weighted by Gasteiger charge is -2.22. The van der Waals surface area contributed by atoms with Gasteiger partial charge in [0.25, 0.3) is 5.91 Å². The van der Waals surface area contributed by atoms with Crippen molar-refractivity contribution in [1.82, 2.24) is 9.47 Å². The highest BCUT2D eigenvalue weighted by molar-refractivity contribution is 5.94. The van der Waals surface area contributed by atoms with Gasteiger partial charge in [-0.2, -0.15) is 0 Å². The zero-order chi connectivity index (χ0) is 15.5. The van der Waals surface area contributed by atoms with Gasteiger partial charge in [0, 0.05) is 37.3 Å². The van der Waals surface area contributed by atoms with Crippen LogP contribution in [0.15, 0.2) is 48.8 Å². The first-order valence-corrected chi connectivity index (χ1v) is 7.41. The summed E-state index contributed by atoms with van der Waals surface area (Å²) in [5.41, 5.74) is 1.64. The monoisotopic (exact) mass is 300 g/mol. The van der Waals surface area contributed by atoms with Crippen LogP contribution in [0.25, 0.3) is 5.69 Å². The van der Waals surface area contributed by atoms with Gasteiger partial charge in [-0.1, -0.05) is 0 Å². The molecule has 3 rings (SSSR count). The Labute approximate surface area is 129 Å². The number of aromatic nitrogens is 1. The van der Waals surface area contributed by atoms with Crippen molar-refractivity contribution < 1.29 is 14.6 Å². The van der Waals surface area contributed by atoms with E-state index in [9.17, 15) is 9.90 Å². The maximum absolute atomic E-state index is 12.6. The lowest BCUT2D eigenvalue weighted by Crippen LogP contribution is -2.38. The van der Waals surface area contributed by atoms with E-state index < -0.39 is 0 Å². The van der Waals surface area contributed by atoms with E-state index in [1.807, 2.05) is 53.4 Å². The molecule has 2 heterocycles. The molecule has 22 heavy (non-hydrogen) atoms. The Hall–Kier alpha value is -2.11. The number of nitrogens with zero attached hydrogens (tertiary/aromatic N) is 2. The molecule has 1 aliphatic rings. The molecule has 0 spiro atoms. The molecular weight excluding hydrogens is 280 g/mol. The van der Waals surface area contributed by atoms with Crippen LogP contribution >= 0.6 is 0 Å². The van der Waals surface area contributed by atoms with E-state index in [1.165, 1.54) is 0 Å². The predicted molar refractivity (Wildman–Crippen MR) is 83.1 cm³/mol. The van der Waals surface area contributed by atoms with Crippen LogP contribution in [0, 0.1) is 0 Å². The Morgan fingerprint density at radius 2 is 1.95 bits per heavy atom. The van der Waals surface area contributed by atoms with Crippen LogP contribution in [0.2, 0.25) is 0 Å². The first-order chi connectivity index (χ1) is 10.7. The highest BCUT2D eigenvalue weighted by atomic mass is 16.5. The highest BCUT2D eigenvalue weighted by Gasteiger charge is 2.35. The number of rotatable bonds is 4. The third-order valence-electron chi connectivity index (χ3n) is 4.20. The summed E-state index contributed by atoms with van der Waals surface area (Å²) >= 11 is 0. The maximum Gasteiger partial charge on any atom is 0.254 e. The Morgan fingerprint density at radius 3 is 2.55 bits per heavy atom. The zero-order valence-corrected chi connectivity index (χ0v) is 12.6. The second-order valence-corrected chi connectivity index (χ2v) is 5.52. The van der Waals surface area contributed by atoms with Crippen molar-refractivity contribution in [2.75, 3.05) is 20.3 Å². The van der Waals surface area contributed by atoms with Crippen molar-refractivity contribution in [2.45, 2.75) is 18.6 Å². The van der Waals surface area contributed by atoms with Crippen LogP contribution in [-0.4, -0.2) is 52.9 Å². The Bertz CT molecular complexity index is 622. The number of hydrogen-bond acceptors (Lipinski definition) is 3. The first-order valence-electron chi connectivity index (χ1n) is 7.41. The third kappa shape index (κ3) is 2.77. The number of likely N-dealkylation sites (tertiary alicyclic amines) is 1. The molecule has 2 aromatic rings. The number of methoxy groups -OCH3 is 1. The summed E-state index contributed by atoms with van der Waals surface area (Å²) in [5, 5.41) is 9.46. The van der Waals surface area contributed by atoms with Gasteiger partial charge >= 0.3 is 0 Å². The minimum atomic E-state index is -0.165. The quantitative estimate of drug-likeness (QED) is 0.935.